The Balaban J connectivity index is 2.19. The first-order chi connectivity index (χ1) is 5.33. The van der Waals surface area contributed by atoms with Crippen molar-refractivity contribution in [2.24, 2.45) is 0 Å². The molecule has 1 atom stereocenters. The van der Waals surface area contributed by atoms with Gasteiger partial charge in [0.15, 0.2) is 5.44 Å². The minimum atomic E-state index is -0.313. The highest BCUT2D eigenvalue weighted by atomic mass is 35.5. The summed E-state index contributed by atoms with van der Waals surface area (Å²) in [7, 11) is 0. The van der Waals surface area contributed by atoms with Gasteiger partial charge in [-0.3, -0.25) is 4.79 Å². The van der Waals surface area contributed by atoms with Crippen LogP contribution in [0.5, 0.6) is 0 Å². The summed E-state index contributed by atoms with van der Waals surface area (Å²) in [5.74, 6) is 2.76. The van der Waals surface area contributed by atoms with Crippen LogP contribution in [-0.4, -0.2) is 34.5 Å². The van der Waals surface area contributed by atoms with E-state index >= 15 is 0 Å². The molecule has 1 fully saturated rings. The van der Waals surface area contributed by atoms with Crippen molar-refractivity contribution in [2.75, 3.05) is 23.1 Å². The fraction of sp³-hybridized carbons (Fsp3) is 0.833. The van der Waals surface area contributed by atoms with Gasteiger partial charge in [-0.05, 0) is 0 Å². The number of halogens is 1. The Morgan fingerprint density at radius 2 is 2.45 bits per heavy atom. The molecule has 1 saturated heterocycles. The summed E-state index contributed by atoms with van der Waals surface area (Å²) >= 11 is 8.78. The van der Waals surface area contributed by atoms with Crippen molar-refractivity contribution in [2.45, 2.75) is 5.44 Å². The number of hydrogen-bond acceptors (Lipinski definition) is 4. The predicted octanol–water partition coefficient (Wildman–Crippen LogP) is 1.57. The van der Waals surface area contributed by atoms with Crippen molar-refractivity contribution in [3.05, 3.63) is 0 Å². The van der Waals surface area contributed by atoms with Gasteiger partial charge in [0.1, 0.15) is 5.88 Å². The van der Waals surface area contributed by atoms with Crippen molar-refractivity contribution >= 4 is 41.1 Å². The first-order valence-electron chi connectivity index (χ1n) is 3.27. The molecule has 0 aromatic carbocycles. The highest BCUT2D eigenvalue weighted by Crippen LogP contribution is 2.24. The molecule has 1 aliphatic heterocycles. The fourth-order valence-electron chi connectivity index (χ4n) is 0.712. The van der Waals surface area contributed by atoms with Crippen molar-refractivity contribution in [1.29, 1.82) is 0 Å². The van der Waals surface area contributed by atoms with E-state index in [-0.39, 0.29) is 17.3 Å². The van der Waals surface area contributed by atoms with E-state index in [1.807, 2.05) is 11.8 Å². The topological polar surface area (TPSA) is 26.3 Å². The lowest BCUT2D eigenvalue weighted by Gasteiger charge is -2.20. The van der Waals surface area contributed by atoms with E-state index in [1.54, 1.807) is 11.8 Å². The third-order valence-corrected chi connectivity index (χ3v) is 3.95. The lowest BCUT2D eigenvalue weighted by Crippen LogP contribution is -2.21. The number of thioether (sulfide) groups is 2. The summed E-state index contributed by atoms with van der Waals surface area (Å²) < 4.78 is 5.01. The Morgan fingerprint density at radius 1 is 1.64 bits per heavy atom. The zero-order valence-electron chi connectivity index (χ0n) is 5.92. The first kappa shape index (κ1) is 9.55. The predicted molar refractivity (Wildman–Crippen MR) is 50.4 cm³/mol. The maximum atomic E-state index is 10.7. The normalized spacial score (nSPS) is 24.6. The molecular weight excluding hydrogens is 204 g/mol. The smallest absolute Gasteiger partial charge is 0.322 e. The summed E-state index contributed by atoms with van der Waals surface area (Å²) in [5, 5.41) is 0. The highest BCUT2D eigenvalue weighted by Gasteiger charge is 2.17. The molecule has 1 aliphatic rings. The Bertz CT molecular complexity index is 137. The van der Waals surface area contributed by atoms with Crippen LogP contribution in [0, 0.1) is 0 Å². The molecular formula is C6H9ClO2S2. The first-order valence-corrected chi connectivity index (χ1v) is 6.01. The monoisotopic (exact) mass is 212 g/mol. The molecule has 0 radical (unpaired) electrons. The molecule has 0 saturated carbocycles. The van der Waals surface area contributed by atoms with Gasteiger partial charge in [0.05, 0.1) is 0 Å². The number of rotatable bonds is 2. The van der Waals surface area contributed by atoms with Gasteiger partial charge in [-0.15, -0.1) is 23.4 Å². The van der Waals surface area contributed by atoms with E-state index in [4.69, 9.17) is 16.3 Å². The quantitative estimate of drug-likeness (QED) is 0.513. The molecule has 2 nitrogen and oxygen atoms in total. The van der Waals surface area contributed by atoms with Gasteiger partial charge in [0.25, 0.3) is 0 Å². The minimum absolute atomic E-state index is 0.0278. The molecule has 0 aromatic rings. The molecule has 5 heteroatoms. The number of alkyl halides is 1. The maximum absolute atomic E-state index is 10.7. The van der Waals surface area contributed by atoms with Gasteiger partial charge >= 0.3 is 5.97 Å². The molecule has 0 bridgehead atoms. The van der Waals surface area contributed by atoms with Gasteiger partial charge in [0, 0.05) is 17.3 Å². The second-order valence-corrected chi connectivity index (χ2v) is 4.68. The third kappa shape index (κ3) is 3.58. The number of esters is 1. The Labute approximate surface area is 79.4 Å². The van der Waals surface area contributed by atoms with Gasteiger partial charge < -0.3 is 4.74 Å². The molecule has 1 heterocycles. The Morgan fingerprint density at radius 3 is 3.00 bits per heavy atom. The van der Waals surface area contributed by atoms with Crippen LogP contribution in [-0.2, 0) is 9.53 Å². The average molecular weight is 213 g/mol. The fourth-order valence-corrected chi connectivity index (χ4v) is 3.17. The van der Waals surface area contributed by atoms with Crippen LogP contribution >= 0.6 is 35.1 Å². The molecule has 11 heavy (non-hydrogen) atoms. The summed E-state index contributed by atoms with van der Waals surface area (Å²) in [4.78, 5) is 10.7. The highest BCUT2D eigenvalue weighted by molar-refractivity contribution is 8.06. The second-order valence-electron chi connectivity index (χ2n) is 2.00. The van der Waals surface area contributed by atoms with Crippen LogP contribution in [0.1, 0.15) is 0 Å². The van der Waals surface area contributed by atoms with E-state index < -0.39 is 0 Å². The summed E-state index contributed by atoms with van der Waals surface area (Å²) in [6.45, 7) is 0. The standard InChI is InChI=1S/C6H9ClO2S2/c7-3-5(8)9-6-4-10-1-2-11-6/h6H,1-4H2/t6-/m1/s1. The molecule has 1 rings (SSSR count). The van der Waals surface area contributed by atoms with E-state index in [0.29, 0.717) is 0 Å². The number of hydrogen-bond donors (Lipinski definition) is 0. The minimum Gasteiger partial charge on any atom is -0.449 e. The summed E-state index contributed by atoms with van der Waals surface area (Å²) in [5.41, 5.74) is 0.0278. The molecule has 0 amide bonds. The SMILES string of the molecule is O=C(CCl)O[C@H]1CSCCS1. The van der Waals surface area contributed by atoms with Gasteiger partial charge in [0.2, 0.25) is 0 Å². The molecule has 0 aliphatic carbocycles. The van der Waals surface area contributed by atoms with E-state index in [0.717, 1.165) is 17.3 Å². The Hall–Kier alpha value is 0.460. The number of ether oxygens (including phenoxy) is 1. The lowest BCUT2D eigenvalue weighted by molar-refractivity contribution is -0.141. The van der Waals surface area contributed by atoms with Crippen LogP contribution in [0.3, 0.4) is 0 Å². The van der Waals surface area contributed by atoms with Gasteiger partial charge in [-0.1, -0.05) is 0 Å². The zero-order valence-corrected chi connectivity index (χ0v) is 8.31. The average Bonchev–Trinajstić information content (AvgIpc) is 2.06. The van der Waals surface area contributed by atoms with Crippen LogP contribution in [0.4, 0.5) is 0 Å². The van der Waals surface area contributed by atoms with Crippen LogP contribution in [0.2, 0.25) is 0 Å². The Kier molecular flexibility index (Phi) is 4.48. The van der Waals surface area contributed by atoms with Crippen molar-refractivity contribution in [3.63, 3.8) is 0 Å². The molecule has 0 unspecified atom stereocenters. The molecule has 0 aromatic heterocycles. The van der Waals surface area contributed by atoms with E-state index in [1.165, 1.54) is 0 Å². The third-order valence-electron chi connectivity index (χ3n) is 1.16. The molecule has 0 N–H and O–H groups in total. The van der Waals surface area contributed by atoms with Gasteiger partial charge in [-0.2, -0.15) is 11.8 Å². The van der Waals surface area contributed by atoms with Gasteiger partial charge in [-0.25, -0.2) is 0 Å². The van der Waals surface area contributed by atoms with E-state index in [2.05, 4.69) is 0 Å². The van der Waals surface area contributed by atoms with Crippen LogP contribution in [0.25, 0.3) is 0 Å². The van der Waals surface area contributed by atoms with Crippen molar-refractivity contribution < 1.29 is 9.53 Å². The van der Waals surface area contributed by atoms with Crippen molar-refractivity contribution in [3.8, 4) is 0 Å². The lowest BCUT2D eigenvalue weighted by atomic mass is 10.7. The molecule has 0 spiro atoms. The summed E-state index contributed by atoms with van der Waals surface area (Å²) in [6.07, 6.45) is 0. The summed E-state index contributed by atoms with van der Waals surface area (Å²) in [6, 6.07) is 0. The second kappa shape index (κ2) is 5.17. The number of carbonyl (C=O) groups is 1. The van der Waals surface area contributed by atoms with Crippen molar-refractivity contribution in [1.82, 2.24) is 0 Å². The maximum Gasteiger partial charge on any atom is 0.322 e. The van der Waals surface area contributed by atoms with Crippen LogP contribution in [0.15, 0.2) is 0 Å². The van der Waals surface area contributed by atoms with Crippen LogP contribution < -0.4 is 0 Å². The van der Waals surface area contributed by atoms with E-state index in [9.17, 15) is 4.79 Å². The molecule has 64 valence electrons. The number of carbonyl (C=O) groups excluding carboxylic acids is 1. The largest absolute Gasteiger partial charge is 0.449 e. The zero-order chi connectivity index (χ0) is 8.10.